The van der Waals surface area contributed by atoms with Gasteiger partial charge in [0.15, 0.2) is 0 Å². The van der Waals surface area contributed by atoms with E-state index in [9.17, 15) is 5.11 Å². The smallest absolute Gasteiger partial charge is 0.116 e. The molecule has 2 aromatic rings. The number of rotatable bonds is 3. The van der Waals surface area contributed by atoms with Gasteiger partial charge in [0.05, 0.1) is 0 Å². The van der Waals surface area contributed by atoms with Gasteiger partial charge in [0.1, 0.15) is 5.75 Å². The van der Waals surface area contributed by atoms with Gasteiger partial charge in [-0.1, -0.05) is 27.7 Å². The largest absolute Gasteiger partial charge is 0.508 e. The Morgan fingerprint density at radius 1 is 0.895 bits per heavy atom. The lowest BCUT2D eigenvalue weighted by molar-refractivity contribution is 0.473. The summed E-state index contributed by atoms with van der Waals surface area (Å²) in [7, 11) is 0. The summed E-state index contributed by atoms with van der Waals surface area (Å²) in [6, 6.07) is 7.83. The summed E-state index contributed by atoms with van der Waals surface area (Å²) < 4.78 is 0. The van der Waals surface area contributed by atoms with Crippen LogP contribution >= 0.6 is 0 Å². The highest BCUT2D eigenvalue weighted by molar-refractivity contribution is 5.73. The van der Waals surface area contributed by atoms with Crippen LogP contribution in [0.25, 0.3) is 11.1 Å². The van der Waals surface area contributed by atoms with Crippen LogP contribution in [0.4, 0.5) is 0 Å². The second-order valence-electron chi connectivity index (χ2n) is 5.54. The van der Waals surface area contributed by atoms with Gasteiger partial charge >= 0.3 is 0 Å². The zero-order valence-electron chi connectivity index (χ0n) is 12.0. The number of hydrogen-bond acceptors (Lipinski definition) is 2. The molecule has 0 amide bonds. The quantitative estimate of drug-likeness (QED) is 0.862. The molecule has 0 bridgehead atoms. The molecule has 0 saturated heterocycles. The second kappa shape index (κ2) is 5.43. The van der Waals surface area contributed by atoms with Crippen molar-refractivity contribution in [2.45, 2.75) is 39.5 Å². The number of nitrogens with zero attached hydrogens (tertiary/aromatic N) is 1. The predicted octanol–water partition coefficient (Wildman–Crippen LogP) is 4.70. The molecule has 0 unspecified atom stereocenters. The summed E-state index contributed by atoms with van der Waals surface area (Å²) in [5, 5.41) is 9.95. The second-order valence-corrected chi connectivity index (χ2v) is 5.54. The lowest BCUT2D eigenvalue weighted by Crippen LogP contribution is -2.00. The van der Waals surface area contributed by atoms with Gasteiger partial charge in [0.2, 0.25) is 0 Å². The lowest BCUT2D eigenvalue weighted by Gasteiger charge is -2.20. The van der Waals surface area contributed by atoms with Crippen LogP contribution in [-0.2, 0) is 0 Å². The Kier molecular flexibility index (Phi) is 3.89. The van der Waals surface area contributed by atoms with Gasteiger partial charge in [-0.25, -0.2) is 0 Å². The molecule has 0 aliphatic heterocycles. The number of phenols is 1. The zero-order chi connectivity index (χ0) is 14.0. The maximum atomic E-state index is 9.95. The highest BCUT2D eigenvalue weighted by atomic mass is 16.3. The summed E-state index contributed by atoms with van der Waals surface area (Å²) >= 11 is 0. The van der Waals surface area contributed by atoms with E-state index in [2.05, 4.69) is 32.7 Å². The molecule has 19 heavy (non-hydrogen) atoms. The van der Waals surface area contributed by atoms with E-state index in [-0.39, 0.29) is 0 Å². The van der Waals surface area contributed by atoms with Gasteiger partial charge in [0, 0.05) is 12.4 Å². The lowest BCUT2D eigenvalue weighted by atomic mass is 9.85. The average Bonchev–Trinajstić information content (AvgIpc) is 2.38. The predicted molar refractivity (Wildman–Crippen MR) is 79.5 cm³/mol. The number of aromatic nitrogens is 1. The van der Waals surface area contributed by atoms with E-state index in [0.717, 1.165) is 0 Å². The molecule has 2 nitrogen and oxygen atoms in total. The van der Waals surface area contributed by atoms with Crippen LogP contribution in [0, 0.1) is 0 Å². The van der Waals surface area contributed by atoms with E-state index in [0.29, 0.717) is 17.6 Å². The van der Waals surface area contributed by atoms with Crippen LogP contribution in [-0.4, -0.2) is 10.1 Å². The number of aromatic hydroxyl groups is 1. The molecule has 1 heterocycles. The van der Waals surface area contributed by atoms with Crippen molar-refractivity contribution in [2.75, 3.05) is 0 Å². The highest BCUT2D eigenvalue weighted by Gasteiger charge is 2.17. The van der Waals surface area contributed by atoms with E-state index < -0.39 is 0 Å². The highest BCUT2D eigenvalue weighted by Crippen LogP contribution is 2.38. The molecule has 0 aliphatic carbocycles. The fraction of sp³-hybridized carbons (Fsp3) is 0.353. The minimum atomic E-state index is 0.352. The first-order valence-electron chi connectivity index (χ1n) is 6.78. The molecule has 1 aromatic carbocycles. The van der Waals surface area contributed by atoms with Crippen LogP contribution in [0.5, 0.6) is 5.75 Å². The van der Waals surface area contributed by atoms with E-state index in [1.807, 2.05) is 36.7 Å². The van der Waals surface area contributed by atoms with E-state index in [1.54, 1.807) is 0 Å². The average molecular weight is 255 g/mol. The number of benzene rings is 1. The summed E-state index contributed by atoms with van der Waals surface area (Å²) in [5.74, 6) is 1.09. The molecular weight excluding hydrogens is 234 g/mol. The van der Waals surface area contributed by atoms with Crippen LogP contribution < -0.4 is 0 Å². The Labute approximate surface area is 115 Å². The molecule has 0 atom stereocenters. The summed E-state index contributed by atoms with van der Waals surface area (Å²) in [4.78, 5) is 4.09. The normalized spacial score (nSPS) is 11.3. The first-order chi connectivity index (χ1) is 9.00. The SMILES string of the molecule is CC(C)c1cc(O)cc(C(C)C)c1-c1ccncc1. The first-order valence-corrected chi connectivity index (χ1v) is 6.78. The molecule has 1 N–H and O–H groups in total. The van der Waals surface area contributed by atoms with Crippen molar-refractivity contribution in [3.05, 3.63) is 47.8 Å². The van der Waals surface area contributed by atoms with Crippen molar-refractivity contribution in [1.29, 1.82) is 0 Å². The molecule has 0 fully saturated rings. The fourth-order valence-electron chi connectivity index (χ4n) is 2.43. The first kappa shape index (κ1) is 13.6. The molecule has 0 saturated carbocycles. The molecule has 2 rings (SSSR count). The Morgan fingerprint density at radius 2 is 1.37 bits per heavy atom. The Morgan fingerprint density at radius 3 is 1.79 bits per heavy atom. The third-order valence-electron chi connectivity index (χ3n) is 3.40. The van der Waals surface area contributed by atoms with E-state index in [4.69, 9.17) is 0 Å². The molecule has 100 valence electrons. The third kappa shape index (κ3) is 2.78. The Hall–Kier alpha value is -1.83. The van der Waals surface area contributed by atoms with E-state index >= 15 is 0 Å². The van der Waals surface area contributed by atoms with Crippen molar-refractivity contribution >= 4 is 0 Å². The minimum Gasteiger partial charge on any atom is -0.508 e. The molecule has 0 spiro atoms. The fourth-order valence-corrected chi connectivity index (χ4v) is 2.43. The Bertz CT molecular complexity index is 530. The topological polar surface area (TPSA) is 33.1 Å². The minimum absolute atomic E-state index is 0.352. The zero-order valence-corrected chi connectivity index (χ0v) is 12.0. The van der Waals surface area contributed by atoms with Crippen LogP contribution in [0.1, 0.15) is 50.7 Å². The van der Waals surface area contributed by atoms with Gasteiger partial charge in [0.25, 0.3) is 0 Å². The number of hydrogen-bond donors (Lipinski definition) is 1. The summed E-state index contributed by atoms with van der Waals surface area (Å²) in [6.45, 7) is 8.63. The monoisotopic (exact) mass is 255 g/mol. The Balaban J connectivity index is 2.75. The summed E-state index contributed by atoms with van der Waals surface area (Å²) in [6.07, 6.45) is 3.63. The third-order valence-corrected chi connectivity index (χ3v) is 3.40. The molecular formula is C17H21NO. The maximum Gasteiger partial charge on any atom is 0.116 e. The number of phenolic OH excluding ortho intramolecular Hbond substituents is 1. The van der Waals surface area contributed by atoms with Crippen molar-refractivity contribution in [2.24, 2.45) is 0 Å². The number of pyridine rings is 1. The van der Waals surface area contributed by atoms with Gasteiger partial charge in [-0.2, -0.15) is 0 Å². The standard InChI is InChI=1S/C17H21NO/c1-11(2)15-9-14(19)10-16(12(3)4)17(15)13-5-7-18-8-6-13/h5-12,19H,1-4H3. The van der Waals surface area contributed by atoms with Crippen LogP contribution in [0.3, 0.4) is 0 Å². The van der Waals surface area contributed by atoms with Gasteiger partial charge in [-0.15, -0.1) is 0 Å². The van der Waals surface area contributed by atoms with Crippen molar-refractivity contribution < 1.29 is 5.11 Å². The molecule has 1 aromatic heterocycles. The molecule has 0 aliphatic rings. The molecule has 0 radical (unpaired) electrons. The summed E-state index contributed by atoms with van der Waals surface area (Å²) in [5.41, 5.74) is 4.79. The molecule has 2 heteroatoms. The van der Waals surface area contributed by atoms with Gasteiger partial charge < -0.3 is 5.11 Å². The van der Waals surface area contributed by atoms with Crippen LogP contribution in [0.15, 0.2) is 36.7 Å². The van der Waals surface area contributed by atoms with Gasteiger partial charge in [-0.05, 0) is 58.4 Å². The van der Waals surface area contributed by atoms with Gasteiger partial charge in [-0.3, -0.25) is 4.98 Å². The van der Waals surface area contributed by atoms with E-state index in [1.165, 1.54) is 22.3 Å². The van der Waals surface area contributed by atoms with Crippen LogP contribution in [0.2, 0.25) is 0 Å². The van der Waals surface area contributed by atoms with Crippen molar-refractivity contribution in [3.63, 3.8) is 0 Å². The van der Waals surface area contributed by atoms with Crippen molar-refractivity contribution in [3.8, 4) is 16.9 Å². The maximum absolute atomic E-state index is 9.95. The van der Waals surface area contributed by atoms with Crippen molar-refractivity contribution in [1.82, 2.24) is 4.98 Å².